The molecule has 18 heavy (non-hydrogen) atoms. The van der Waals surface area contributed by atoms with Crippen molar-refractivity contribution < 1.29 is 19.4 Å². The third-order valence-corrected chi connectivity index (χ3v) is 4.18. The zero-order valence-electron chi connectivity index (χ0n) is 11.0. The first-order valence-electron chi connectivity index (χ1n) is 7.18. The summed E-state index contributed by atoms with van der Waals surface area (Å²) in [7, 11) is 0. The number of epoxide rings is 1. The van der Waals surface area contributed by atoms with Crippen molar-refractivity contribution in [2.45, 2.75) is 57.0 Å². The van der Waals surface area contributed by atoms with E-state index in [0.29, 0.717) is 19.6 Å². The molecule has 1 unspecified atom stereocenters. The highest BCUT2D eigenvalue weighted by atomic mass is 16.6. The molecule has 1 aliphatic heterocycles. The number of carboxylic acids is 1. The van der Waals surface area contributed by atoms with E-state index in [9.17, 15) is 4.79 Å². The molecule has 0 bridgehead atoms. The van der Waals surface area contributed by atoms with Crippen molar-refractivity contribution in [3.8, 4) is 0 Å². The molecule has 0 spiro atoms. The van der Waals surface area contributed by atoms with Gasteiger partial charge in [0.1, 0.15) is 0 Å². The van der Waals surface area contributed by atoms with Crippen molar-refractivity contribution in [3.63, 3.8) is 0 Å². The second-order valence-corrected chi connectivity index (χ2v) is 5.60. The molecule has 1 saturated carbocycles. The summed E-state index contributed by atoms with van der Waals surface area (Å²) in [4.78, 5) is 10.9. The Bertz CT molecular complexity index is 265. The minimum absolute atomic E-state index is 0.342. The van der Waals surface area contributed by atoms with Crippen LogP contribution in [0, 0.1) is 5.92 Å². The molecule has 0 amide bonds. The lowest BCUT2D eigenvalue weighted by atomic mass is 9.97. The van der Waals surface area contributed by atoms with E-state index >= 15 is 0 Å². The Labute approximate surface area is 109 Å². The third kappa shape index (κ3) is 3.95. The first-order chi connectivity index (χ1) is 8.73. The number of rotatable bonds is 7. The highest BCUT2D eigenvalue weighted by Crippen LogP contribution is 2.31. The van der Waals surface area contributed by atoms with Crippen molar-refractivity contribution >= 4 is 5.97 Å². The van der Waals surface area contributed by atoms with Gasteiger partial charge in [0, 0.05) is 19.6 Å². The Morgan fingerprint density at radius 3 is 2.44 bits per heavy atom. The van der Waals surface area contributed by atoms with Crippen LogP contribution in [-0.2, 0) is 14.3 Å². The molecule has 0 radical (unpaired) electrons. The zero-order valence-corrected chi connectivity index (χ0v) is 11.0. The van der Waals surface area contributed by atoms with Crippen LogP contribution in [0.15, 0.2) is 0 Å². The van der Waals surface area contributed by atoms with Crippen LogP contribution in [0.3, 0.4) is 0 Å². The van der Waals surface area contributed by atoms with E-state index < -0.39 is 11.6 Å². The number of carbonyl (C=O) groups is 1. The molecule has 1 saturated heterocycles. The van der Waals surface area contributed by atoms with Crippen LogP contribution in [-0.4, -0.2) is 36.5 Å². The van der Waals surface area contributed by atoms with Crippen LogP contribution >= 0.6 is 0 Å². The first kappa shape index (κ1) is 13.8. The quantitative estimate of drug-likeness (QED) is 0.432. The summed E-state index contributed by atoms with van der Waals surface area (Å²) in [5, 5.41) is 8.91. The van der Waals surface area contributed by atoms with Crippen LogP contribution in [0.4, 0.5) is 0 Å². The summed E-state index contributed by atoms with van der Waals surface area (Å²) in [6.07, 6.45) is 9.78. The minimum Gasteiger partial charge on any atom is -0.479 e. The maximum atomic E-state index is 10.9. The minimum atomic E-state index is -0.914. The fraction of sp³-hybridized carbons (Fsp3) is 0.929. The van der Waals surface area contributed by atoms with Gasteiger partial charge in [-0.05, 0) is 12.3 Å². The summed E-state index contributed by atoms with van der Waals surface area (Å²) in [5.41, 5.74) is -0.914. The van der Waals surface area contributed by atoms with Crippen LogP contribution < -0.4 is 0 Å². The van der Waals surface area contributed by atoms with Crippen LogP contribution in [0.2, 0.25) is 0 Å². The molecule has 1 atom stereocenters. The lowest BCUT2D eigenvalue weighted by Crippen LogP contribution is -2.25. The normalized spacial score (nSPS) is 28.9. The Morgan fingerprint density at radius 1 is 1.22 bits per heavy atom. The summed E-state index contributed by atoms with van der Waals surface area (Å²) >= 11 is 0. The Balaban J connectivity index is 1.52. The second kappa shape index (κ2) is 6.53. The number of aliphatic carboxylic acids is 1. The van der Waals surface area contributed by atoms with Gasteiger partial charge in [0.2, 0.25) is 0 Å². The van der Waals surface area contributed by atoms with Crippen molar-refractivity contribution in [3.05, 3.63) is 0 Å². The van der Waals surface area contributed by atoms with Gasteiger partial charge in [-0.25, -0.2) is 4.79 Å². The number of ether oxygens (including phenoxy) is 2. The number of carboxylic acid groups (broad SMARTS) is 1. The van der Waals surface area contributed by atoms with Gasteiger partial charge in [0.05, 0.1) is 6.61 Å². The van der Waals surface area contributed by atoms with Gasteiger partial charge >= 0.3 is 5.97 Å². The predicted molar refractivity (Wildman–Crippen MR) is 67.6 cm³/mol. The lowest BCUT2D eigenvalue weighted by molar-refractivity contribution is -0.144. The van der Waals surface area contributed by atoms with Crippen molar-refractivity contribution in [1.29, 1.82) is 0 Å². The molecule has 0 aromatic heterocycles. The van der Waals surface area contributed by atoms with E-state index in [-0.39, 0.29) is 0 Å². The summed E-state index contributed by atoms with van der Waals surface area (Å²) in [6, 6.07) is 0. The van der Waals surface area contributed by atoms with E-state index in [4.69, 9.17) is 14.6 Å². The first-order valence-corrected chi connectivity index (χ1v) is 7.18. The molecular weight excluding hydrogens is 232 g/mol. The standard InChI is InChI=1S/C14H24O4/c15-13(16)14(11-18-14)8-10-17-9-7-12-5-3-1-2-4-6-12/h12H,1-11H2,(H,15,16). The maximum Gasteiger partial charge on any atom is 0.338 e. The molecule has 1 heterocycles. The van der Waals surface area contributed by atoms with Crippen molar-refractivity contribution in [1.82, 2.24) is 0 Å². The molecule has 4 heteroatoms. The van der Waals surface area contributed by atoms with Crippen LogP contribution in [0.1, 0.15) is 51.4 Å². The average Bonchev–Trinajstić information content (AvgIpc) is 3.13. The fourth-order valence-electron chi connectivity index (χ4n) is 2.70. The van der Waals surface area contributed by atoms with Gasteiger partial charge in [0.25, 0.3) is 0 Å². The predicted octanol–water partition coefficient (Wildman–Crippen LogP) is 2.61. The fourth-order valence-corrected chi connectivity index (χ4v) is 2.70. The zero-order chi connectivity index (χ0) is 12.8. The average molecular weight is 256 g/mol. The monoisotopic (exact) mass is 256 g/mol. The molecule has 4 nitrogen and oxygen atoms in total. The van der Waals surface area contributed by atoms with E-state index in [1.54, 1.807) is 0 Å². The lowest BCUT2D eigenvalue weighted by Gasteiger charge is -2.14. The smallest absolute Gasteiger partial charge is 0.338 e. The third-order valence-electron chi connectivity index (χ3n) is 4.18. The topological polar surface area (TPSA) is 59.1 Å². The molecule has 1 N–H and O–H groups in total. The molecule has 2 rings (SSSR count). The van der Waals surface area contributed by atoms with E-state index in [1.807, 2.05) is 0 Å². The summed E-state index contributed by atoms with van der Waals surface area (Å²) in [6.45, 7) is 1.60. The molecule has 0 aromatic carbocycles. The second-order valence-electron chi connectivity index (χ2n) is 5.60. The molecule has 0 aromatic rings. The highest BCUT2D eigenvalue weighted by molar-refractivity contribution is 5.80. The van der Waals surface area contributed by atoms with Crippen molar-refractivity contribution in [2.75, 3.05) is 19.8 Å². The SMILES string of the molecule is O=C(O)C1(CCOCCC2CCCCCC2)CO1. The Hall–Kier alpha value is -0.610. The Morgan fingerprint density at radius 2 is 1.89 bits per heavy atom. The van der Waals surface area contributed by atoms with Gasteiger partial charge in [-0.3, -0.25) is 0 Å². The van der Waals surface area contributed by atoms with Gasteiger partial charge in [0.15, 0.2) is 5.60 Å². The highest BCUT2D eigenvalue weighted by Gasteiger charge is 2.52. The largest absolute Gasteiger partial charge is 0.479 e. The number of hydrogen-bond acceptors (Lipinski definition) is 3. The maximum absolute atomic E-state index is 10.9. The molecule has 2 fully saturated rings. The summed E-state index contributed by atoms with van der Waals surface area (Å²) < 4.78 is 10.6. The van der Waals surface area contributed by atoms with Gasteiger partial charge in [-0.2, -0.15) is 0 Å². The molecular formula is C14H24O4. The van der Waals surface area contributed by atoms with Gasteiger partial charge < -0.3 is 14.6 Å². The van der Waals surface area contributed by atoms with Gasteiger partial charge in [-0.15, -0.1) is 0 Å². The van der Waals surface area contributed by atoms with E-state index in [0.717, 1.165) is 18.9 Å². The van der Waals surface area contributed by atoms with E-state index in [1.165, 1.54) is 38.5 Å². The van der Waals surface area contributed by atoms with Crippen LogP contribution in [0.25, 0.3) is 0 Å². The Kier molecular flexibility index (Phi) is 5.01. The molecule has 1 aliphatic carbocycles. The van der Waals surface area contributed by atoms with Crippen molar-refractivity contribution in [2.24, 2.45) is 5.92 Å². The van der Waals surface area contributed by atoms with Crippen LogP contribution in [0.5, 0.6) is 0 Å². The molecule has 2 aliphatic rings. The van der Waals surface area contributed by atoms with Gasteiger partial charge in [-0.1, -0.05) is 38.5 Å². The molecule has 104 valence electrons. The van der Waals surface area contributed by atoms with E-state index in [2.05, 4.69) is 0 Å². The number of hydrogen-bond donors (Lipinski definition) is 1. The summed E-state index contributed by atoms with van der Waals surface area (Å²) in [5.74, 6) is -0.0343.